The molecule has 1 aromatic rings. The van der Waals surface area contributed by atoms with Gasteiger partial charge in [-0.15, -0.1) is 11.3 Å². The largest absolute Gasteiger partial charge is 0.390 e. The molecule has 1 nitrogen and oxygen atoms in total. The number of nitrogens with two attached hydrogens (primary N) is 1. The van der Waals surface area contributed by atoms with Gasteiger partial charge < -0.3 is 5.73 Å². The van der Waals surface area contributed by atoms with Crippen molar-refractivity contribution < 1.29 is 0 Å². The van der Waals surface area contributed by atoms with E-state index in [1.54, 1.807) is 10.4 Å². The van der Waals surface area contributed by atoms with Crippen molar-refractivity contribution in [2.75, 3.05) is 5.73 Å². The van der Waals surface area contributed by atoms with Crippen LogP contribution in [-0.4, -0.2) is 0 Å². The molecular weight excluding hydrogens is 178 g/mol. The molecule has 1 heterocycles. The average Bonchev–Trinajstić information content (AvgIpc) is 2.40. The molecular formula is C11H17NS. The van der Waals surface area contributed by atoms with E-state index in [1.165, 1.54) is 24.8 Å². The summed E-state index contributed by atoms with van der Waals surface area (Å²) in [4.78, 5) is 1.56. The van der Waals surface area contributed by atoms with Gasteiger partial charge in [0.05, 0.1) is 5.00 Å². The molecule has 0 fully saturated rings. The van der Waals surface area contributed by atoms with E-state index in [1.807, 2.05) is 11.3 Å². The maximum atomic E-state index is 6.00. The van der Waals surface area contributed by atoms with Crippen LogP contribution in [0.25, 0.3) is 0 Å². The molecule has 2 N–H and O–H groups in total. The Morgan fingerprint density at radius 2 is 2.31 bits per heavy atom. The van der Waals surface area contributed by atoms with Crippen LogP contribution in [0.5, 0.6) is 0 Å². The third-order valence-corrected chi connectivity index (χ3v) is 4.17. The molecule has 1 atom stereocenters. The lowest BCUT2D eigenvalue weighted by Gasteiger charge is -2.18. The van der Waals surface area contributed by atoms with E-state index in [9.17, 15) is 0 Å². The normalized spacial score (nSPS) is 21.5. The molecule has 0 spiro atoms. The van der Waals surface area contributed by atoms with Crippen LogP contribution in [0.4, 0.5) is 5.00 Å². The lowest BCUT2D eigenvalue weighted by atomic mass is 9.87. The minimum atomic E-state index is 0.854. The molecule has 2 rings (SSSR count). The standard InChI is InChI=1S/C11H17NS/c1-3-8-9-6-7(2)4-5-10(9)13-11(8)12/h7H,3-6,12H2,1-2H3. The first kappa shape index (κ1) is 9.07. The van der Waals surface area contributed by atoms with E-state index in [4.69, 9.17) is 5.73 Å². The highest BCUT2D eigenvalue weighted by atomic mass is 32.1. The average molecular weight is 195 g/mol. The van der Waals surface area contributed by atoms with E-state index in [-0.39, 0.29) is 0 Å². The fraction of sp³-hybridized carbons (Fsp3) is 0.636. The summed E-state index contributed by atoms with van der Waals surface area (Å²) >= 11 is 1.82. The van der Waals surface area contributed by atoms with Crippen molar-refractivity contribution in [1.82, 2.24) is 0 Å². The number of rotatable bonds is 1. The molecule has 1 aliphatic rings. The Hall–Kier alpha value is -0.500. The third kappa shape index (κ3) is 1.48. The van der Waals surface area contributed by atoms with Crippen LogP contribution in [0, 0.1) is 5.92 Å². The molecule has 0 saturated heterocycles. The predicted molar refractivity (Wildman–Crippen MR) is 59.3 cm³/mol. The number of fused-ring (bicyclic) bond motifs is 1. The summed E-state index contributed by atoms with van der Waals surface area (Å²) in [6.45, 7) is 4.55. The highest BCUT2D eigenvalue weighted by molar-refractivity contribution is 7.16. The van der Waals surface area contributed by atoms with Crippen molar-refractivity contribution in [3.05, 3.63) is 16.0 Å². The van der Waals surface area contributed by atoms with Crippen LogP contribution in [-0.2, 0) is 19.3 Å². The van der Waals surface area contributed by atoms with Gasteiger partial charge in [-0.1, -0.05) is 13.8 Å². The molecule has 13 heavy (non-hydrogen) atoms. The number of nitrogen functional groups attached to an aromatic ring is 1. The third-order valence-electron chi connectivity index (χ3n) is 3.00. The first-order valence-corrected chi connectivity index (χ1v) is 5.93. The maximum Gasteiger partial charge on any atom is 0.0894 e. The molecule has 0 saturated carbocycles. The molecule has 0 aromatic carbocycles. The number of anilines is 1. The Balaban J connectivity index is 2.42. The fourth-order valence-electron chi connectivity index (χ4n) is 2.23. The molecule has 0 radical (unpaired) electrons. The van der Waals surface area contributed by atoms with E-state index in [0.717, 1.165) is 17.3 Å². The lowest BCUT2D eigenvalue weighted by molar-refractivity contribution is 0.504. The second kappa shape index (κ2) is 3.33. The SMILES string of the molecule is CCc1c(N)sc2c1CC(C)CC2. The summed E-state index contributed by atoms with van der Waals surface area (Å²) in [5.74, 6) is 0.854. The van der Waals surface area contributed by atoms with Crippen molar-refractivity contribution >= 4 is 16.3 Å². The van der Waals surface area contributed by atoms with Crippen molar-refractivity contribution in [1.29, 1.82) is 0 Å². The smallest absolute Gasteiger partial charge is 0.0894 e. The van der Waals surface area contributed by atoms with Crippen molar-refractivity contribution in [2.24, 2.45) is 5.92 Å². The predicted octanol–water partition coefficient (Wildman–Crippen LogP) is 3.02. The molecule has 0 bridgehead atoms. The van der Waals surface area contributed by atoms with Gasteiger partial charge in [0.2, 0.25) is 0 Å². The van der Waals surface area contributed by atoms with Gasteiger partial charge in [0.25, 0.3) is 0 Å². The minimum absolute atomic E-state index is 0.854. The number of thiophene rings is 1. The van der Waals surface area contributed by atoms with Crippen LogP contribution in [0.3, 0.4) is 0 Å². The molecule has 1 unspecified atom stereocenters. The van der Waals surface area contributed by atoms with Crippen LogP contribution in [0.15, 0.2) is 0 Å². The van der Waals surface area contributed by atoms with Crippen LogP contribution in [0.1, 0.15) is 36.3 Å². The summed E-state index contributed by atoms with van der Waals surface area (Å²) in [6.07, 6.45) is 4.96. The fourth-order valence-corrected chi connectivity index (χ4v) is 3.43. The minimum Gasteiger partial charge on any atom is -0.390 e. The molecule has 72 valence electrons. The summed E-state index contributed by atoms with van der Waals surface area (Å²) in [7, 11) is 0. The van der Waals surface area contributed by atoms with Gasteiger partial charge in [0.1, 0.15) is 0 Å². The summed E-state index contributed by atoms with van der Waals surface area (Å²) in [5, 5.41) is 1.07. The monoisotopic (exact) mass is 195 g/mol. The molecule has 0 aliphatic heterocycles. The lowest BCUT2D eigenvalue weighted by Crippen LogP contribution is -2.10. The van der Waals surface area contributed by atoms with E-state index >= 15 is 0 Å². The maximum absolute atomic E-state index is 6.00. The first-order chi connectivity index (χ1) is 6.22. The van der Waals surface area contributed by atoms with Crippen LogP contribution >= 0.6 is 11.3 Å². The van der Waals surface area contributed by atoms with E-state index < -0.39 is 0 Å². The van der Waals surface area contributed by atoms with Gasteiger partial charge in [-0.3, -0.25) is 0 Å². The quantitative estimate of drug-likeness (QED) is 0.732. The molecule has 1 aliphatic carbocycles. The highest BCUT2D eigenvalue weighted by Gasteiger charge is 2.21. The Bertz CT molecular complexity index is 314. The summed E-state index contributed by atoms with van der Waals surface area (Å²) < 4.78 is 0. The summed E-state index contributed by atoms with van der Waals surface area (Å²) in [6, 6.07) is 0. The van der Waals surface area contributed by atoms with Crippen LogP contribution < -0.4 is 5.73 Å². The van der Waals surface area contributed by atoms with E-state index in [2.05, 4.69) is 13.8 Å². The Labute approximate surface area is 84.0 Å². The van der Waals surface area contributed by atoms with Gasteiger partial charge in [-0.25, -0.2) is 0 Å². The molecule has 0 amide bonds. The topological polar surface area (TPSA) is 26.0 Å². The molecule has 2 heteroatoms. The summed E-state index contributed by atoms with van der Waals surface area (Å²) in [5.41, 5.74) is 9.02. The second-order valence-corrected chi connectivity index (χ2v) is 5.18. The Morgan fingerprint density at radius 3 is 3.00 bits per heavy atom. The van der Waals surface area contributed by atoms with Gasteiger partial charge in [0.15, 0.2) is 0 Å². The Morgan fingerprint density at radius 1 is 1.54 bits per heavy atom. The van der Waals surface area contributed by atoms with Gasteiger partial charge in [0, 0.05) is 4.88 Å². The van der Waals surface area contributed by atoms with Gasteiger partial charge in [-0.05, 0) is 42.7 Å². The number of hydrogen-bond donors (Lipinski definition) is 1. The Kier molecular flexibility index (Phi) is 2.33. The van der Waals surface area contributed by atoms with Gasteiger partial charge in [-0.2, -0.15) is 0 Å². The van der Waals surface area contributed by atoms with E-state index in [0.29, 0.717) is 0 Å². The highest BCUT2D eigenvalue weighted by Crippen LogP contribution is 2.37. The van der Waals surface area contributed by atoms with Crippen molar-refractivity contribution in [3.63, 3.8) is 0 Å². The van der Waals surface area contributed by atoms with Gasteiger partial charge >= 0.3 is 0 Å². The van der Waals surface area contributed by atoms with Crippen molar-refractivity contribution in [2.45, 2.75) is 39.5 Å². The van der Waals surface area contributed by atoms with Crippen LogP contribution in [0.2, 0.25) is 0 Å². The zero-order chi connectivity index (χ0) is 9.42. The number of aryl methyl sites for hydroxylation is 1. The molecule has 1 aromatic heterocycles. The zero-order valence-corrected chi connectivity index (χ0v) is 9.21. The number of hydrogen-bond acceptors (Lipinski definition) is 2. The second-order valence-electron chi connectivity index (χ2n) is 4.05. The van der Waals surface area contributed by atoms with Crippen molar-refractivity contribution in [3.8, 4) is 0 Å². The zero-order valence-electron chi connectivity index (χ0n) is 8.39. The first-order valence-electron chi connectivity index (χ1n) is 5.11.